The number of pyridine rings is 1. The van der Waals surface area contributed by atoms with E-state index >= 15 is 0 Å². The molecule has 0 saturated carbocycles. The molecule has 0 atom stereocenters. The topological polar surface area (TPSA) is 37.2 Å². The zero-order valence-corrected chi connectivity index (χ0v) is 23.0. The van der Waals surface area contributed by atoms with Gasteiger partial charge >= 0.3 is 0 Å². The predicted octanol–water partition coefficient (Wildman–Crippen LogP) is 5.46. The van der Waals surface area contributed by atoms with Crippen LogP contribution >= 0.6 is 24.8 Å². The van der Waals surface area contributed by atoms with Gasteiger partial charge in [-0.3, -0.25) is 4.90 Å². The summed E-state index contributed by atoms with van der Waals surface area (Å²) >= 11 is 0. The molecule has 1 saturated heterocycles. The summed E-state index contributed by atoms with van der Waals surface area (Å²) in [4.78, 5) is 14.9. The molecule has 3 heterocycles. The van der Waals surface area contributed by atoms with E-state index in [1.54, 1.807) is 0 Å². The van der Waals surface area contributed by atoms with E-state index in [0.717, 1.165) is 42.1 Å². The fraction of sp³-hybridized carbons (Fsp3) is 0.556. The lowest BCUT2D eigenvalue weighted by Crippen LogP contribution is -2.48. The first-order valence-corrected chi connectivity index (χ1v) is 12.3. The summed E-state index contributed by atoms with van der Waals surface area (Å²) in [5, 5.41) is 0. The molecule has 0 unspecified atom stereocenters. The van der Waals surface area contributed by atoms with Crippen LogP contribution in [0.3, 0.4) is 0 Å². The summed E-state index contributed by atoms with van der Waals surface area (Å²) in [5.41, 5.74) is 7.07. The maximum absolute atomic E-state index is 4.88. The molecule has 4 rings (SSSR count). The minimum absolute atomic E-state index is 0. The largest absolute Gasteiger partial charge is 0.308 e. The summed E-state index contributed by atoms with van der Waals surface area (Å²) in [6, 6.07) is 12.0. The first-order chi connectivity index (χ1) is 15.4. The second kappa shape index (κ2) is 12.9. The molecule has 0 aliphatic carbocycles. The highest BCUT2D eigenvalue weighted by Crippen LogP contribution is 2.21. The smallest absolute Gasteiger partial charge is 0.160 e. The number of imidazole rings is 1. The average molecular weight is 507 g/mol. The minimum Gasteiger partial charge on any atom is -0.308 e. The molecule has 34 heavy (non-hydrogen) atoms. The molecule has 0 spiro atoms. The standard InChI is InChI=1S/C27H39N5.2ClH/c1-6-25-29-26-21(4)18-22(5)28-27(26)32(25)19-24-11-9-23(10-12-24)8-7-13-30-14-16-31(17-15-30)20(2)3;;/h9-12,18,20H,6-8,13-17,19H2,1-5H3;2*1H. The Hall–Kier alpha value is -1.66. The lowest BCUT2D eigenvalue weighted by atomic mass is 10.1. The number of rotatable bonds is 8. The van der Waals surface area contributed by atoms with Crippen LogP contribution in [0.1, 0.15) is 55.4 Å². The van der Waals surface area contributed by atoms with Gasteiger partial charge in [-0.15, -0.1) is 24.8 Å². The van der Waals surface area contributed by atoms with Gasteiger partial charge in [0, 0.05) is 44.3 Å². The van der Waals surface area contributed by atoms with Crippen LogP contribution in [0.5, 0.6) is 0 Å². The van der Waals surface area contributed by atoms with Crippen molar-refractivity contribution in [2.24, 2.45) is 0 Å². The van der Waals surface area contributed by atoms with Gasteiger partial charge in [0.15, 0.2) is 5.65 Å². The lowest BCUT2D eigenvalue weighted by Gasteiger charge is -2.36. The number of halogens is 2. The summed E-state index contributed by atoms with van der Waals surface area (Å²) < 4.78 is 2.29. The van der Waals surface area contributed by atoms with Gasteiger partial charge in [-0.1, -0.05) is 31.2 Å². The molecule has 1 fully saturated rings. The number of nitrogens with zero attached hydrogens (tertiary/aromatic N) is 5. The monoisotopic (exact) mass is 505 g/mol. The number of fused-ring (bicyclic) bond motifs is 1. The molecule has 5 nitrogen and oxygen atoms in total. The highest BCUT2D eigenvalue weighted by Gasteiger charge is 2.18. The Morgan fingerprint density at radius 2 is 1.56 bits per heavy atom. The summed E-state index contributed by atoms with van der Waals surface area (Å²) in [5.74, 6) is 1.11. The summed E-state index contributed by atoms with van der Waals surface area (Å²) in [7, 11) is 0. The fourth-order valence-electron chi connectivity index (χ4n) is 4.89. The highest BCUT2D eigenvalue weighted by molar-refractivity contribution is 5.85. The Morgan fingerprint density at radius 1 is 0.912 bits per heavy atom. The Labute approximate surface area is 217 Å². The maximum Gasteiger partial charge on any atom is 0.160 e. The molecular weight excluding hydrogens is 465 g/mol. The van der Waals surface area contributed by atoms with Crippen LogP contribution in [0.2, 0.25) is 0 Å². The Bertz CT molecular complexity index is 1040. The third kappa shape index (κ3) is 6.72. The van der Waals surface area contributed by atoms with Crippen molar-refractivity contribution in [1.82, 2.24) is 24.3 Å². The van der Waals surface area contributed by atoms with E-state index in [1.807, 2.05) is 0 Å². The van der Waals surface area contributed by atoms with Gasteiger partial charge in [0.1, 0.15) is 11.3 Å². The van der Waals surface area contributed by atoms with Gasteiger partial charge in [-0.25, -0.2) is 9.97 Å². The molecule has 3 aromatic rings. The van der Waals surface area contributed by atoms with E-state index in [0.29, 0.717) is 6.04 Å². The van der Waals surface area contributed by atoms with Gasteiger partial charge < -0.3 is 9.47 Å². The molecule has 0 bridgehead atoms. The third-order valence-electron chi connectivity index (χ3n) is 6.86. The molecule has 0 radical (unpaired) electrons. The molecule has 0 amide bonds. The zero-order chi connectivity index (χ0) is 22.7. The van der Waals surface area contributed by atoms with Crippen LogP contribution in [0.25, 0.3) is 11.2 Å². The zero-order valence-electron chi connectivity index (χ0n) is 21.4. The second-order valence-corrected chi connectivity index (χ2v) is 9.61. The first-order valence-electron chi connectivity index (χ1n) is 12.3. The predicted molar refractivity (Wildman–Crippen MR) is 148 cm³/mol. The van der Waals surface area contributed by atoms with Crippen LogP contribution in [0, 0.1) is 13.8 Å². The van der Waals surface area contributed by atoms with Gasteiger partial charge in [-0.05, 0) is 69.8 Å². The Kier molecular flexibility index (Phi) is 10.8. The highest BCUT2D eigenvalue weighted by atomic mass is 35.5. The van der Waals surface area contributed by atoms with E-state index in [-0.39, 0.29) is 24.8 Å². The molecule has 1 aliphatic heterocycles. The van der Waals surface area contributed by atoms with E-state index < -0.39 is 0 Å². The van der Waals surface area contributed by atoms with Gasteiger partial charge in [0.25, 0.3) is 0 Å². The molecule has 7 heteroatoms. The van der Waals surface area contributed by atoms with Crippen LogP contribution in [-0.2, 0) is 19.4 Å². The van der Waals surface area contributed by atoms with Crippen molar-refractivity contribution in [3.8, 4) is 0 Å². The quantitative estimate of drug-likeness (QED) is 0.407. The van der Waals surface area contributed by atoms with E-state index in [9.17, 15) is 0 Å². The van der Waals surface area contributed by atoms with Crippen molar-refractivity contribution in [2.45, 2.75) is 66.5 Å². The molecule has 0 N–H and O–H groups in total. The van der Waals surface area contributed by atoms with Crippen LogP contribution < -0.4 is 0 Å². The number of aryl methyl sites for hydroxylation is 4. The third-order valence-corrected chi connectivity index (χ3v) is 6.86. The Balaban J connectivity index is 0.00000204. The normalized spacial score (nSPS) is 14.9. The molecule has 1 aromatic carbocycles. The van der Waals surface area contributed by atoms with E-state index in [1.165, 1.54) is 55.8 Å². The van der Waals surface area contributed by atoms with Crippen LogP contribution in [-0.4, -0.2) is 63.1 Å². The van der Waals surface area contributed by atoms with E-state index in [4.69, 9.17) is 9.97 Å². The Morgan fingerprint density at radius 3 is 2.18 bits per heavy atom. The maximum atomic E-state index is 4.88. The average Bonchev–Trinajstić information content (AvgIpc) is 3.13. The molecular formula is C27H41Cl2N5. The van der Waals surface area contributed by atoms with E-state index in [2.05, 4.69) is 79.3 Å². The number of benzene rings is 1. The van der Waals surface area contributed by atoms with Crippen molar-refractivity contribution >= 4 is 36.0 Å². The van der Waals surface area contributed by atoms with Gasteiger partial charge in [-0.2, -0.15) is 0 Å². The van der Waals surface area contributed by atoms with Crippen molar-refractivity contribution in [3.05, 3.63) is 58.5 Å². The number of hydrogen-bond acceptors (Lipinski definition) is 4. The fourth-order valence-corrected chi connectivity index (χ4v) is 4.89. The SMILES string of the molecule is CCc1nc2c(C)cc(C)nc2n1Cc1ccc(CCCN2CCN(C(C)C)CC2)cc1.Cl.Cl. The molecule has 1 aliphatic rings. The van der Waals surface area contributed by atoms with Crippen LogP contribution in [0.15, 0.2) is 30.3 Å². The van der Waals surface area contributed by atoms with Crippen molar-refractivity contribution < 1.29 is 0 Å². The summed E-state index contributed by atoms with van der Waals surface area (Å²) in [6.07, 6.45) is 3.30. The van der Waals surface area contributed by atoms with Gasteiger partial charge in [0.05, 0.1) is 6.54 Å². The van der Waals surface area contributed by atoms with Crippen LogP contribution in [0.4, 0.5) is 0 Å². The van der Waals surface area contributed by atoms with Crippen molar-refractivity contribution in [1.29, 1.82) is 0 Å². The number of aromatic nitrogens is 3. The van der Waals surface area contributed by atoms with Gasteiger partial charge in [0.2, 0.25) is 0 Å². The molecule has 2 aromatic heterocycles. The first kappa shape index (κ1) is 28.6. The minimum atomic E-state index is 0. The summed E-state index contributed by atoms with van der Waals surface area (Å²) in [6.45, 7) is 17.9. The second-order valence-electron chi connectivity index (χ2n) is 9.61. The molecule has 188 valence electrons. The van der Waals surface area contributed by atoms with Crippen molar-refractivity contribution in [2.75, 3.05) is 32.7 Å². The van der Waals surface area contributed by atoms with Crippen molar-refractivity contribution in [3.63, 3.8) is 0 Å². The number of piperazine rings is 1. The number of hydrogen-bond donors (Lipinski definition) is 0. The lowest BCUT2D eigenvalue weighted by molar-refractivity contribution is 0.108.